The number of hydrogen-bond donors (Lipinski definition) is 1. The van der Waals surface area contributed by atoms with Crippen molar-refractivity contribution in [1.82, 2.24) is 4.98 Å². The summed E-state index contributed by atoms with van der Waals surface area (Å²) in [4.78, 5) is 29.7. The van der Waals surface area contributed by atoms with Gasteiger partial charge in [-0.05, 0) is 47.5 Å². The van der Waals surface area contributed by atoms with Gasteiger partial charge in [-0.2, -0.15) is 0 Å². The van der Waals surface area contributed by atoms with Crippen molar-refractivity contribution in [2.45, 2.75) is 37.7 Å². The number of nitrogens with zero attached hydrogens (tertiary/aromatic N) is 1. The lowest BCUT2D eigenvalue weighted by Crippen LogP contribution is -2.26. The molecule has 2 aliphatic rings. The third-order valence-electron chi connectivity index (χ3n) is 4.83. The van der Waals surface area contributed by atoms with Crippen LogP contribution in [0.5, 0.6) is 5.75 Å². The number of Topliss-reactive ketones (excluding diaryl/α,β-unsaturated/α-hetero) is 1. The molecule has 0 saturated carbocycles. The number of carbonyl (C=O) groups excluding carboxylic acids is 2. The van der Waals surface area contributed by atoms with Crippen LogP contribution in [0.3, 0.4) is 0 Å². The number of benzene rings is 1. The summed E-state index contributed by atoms with van der Waals surface area (Å²) >= 11 is 5.22. The van der Waals surface area contributed by atoms with Crippen molar-refractivity contribution in [2.75, 3.05) is 23.4 Å². The summed E-state index contributed by atoms with van der Waals surface area (Å²) in [5.74, 6) is 2.92. The molecule has 1 aromatic carbocycles. The van der Waals surface area contributed by atoms with Gasteiger partial charge in [-0.15, -0.1) is 23.5 Å². The van der Waals surface area contributed by atoms with Gasteiger partial charge < -0.3 is 4.74 Å². The zero-order valence-corrected chi connectivity index (χ0v) is 19.0. The quantitative estimate of drug-likeness (QED) is 0.679. The lowest BCUT2D eigenvalue weighted by Gasteiger charge is -2.26. The van der Waals surface area contributed by atoms with Gasteiger partial charge in [0.1, 0.15) is 5.75 Å². The van der Waals surface area contributed by atoms with Gasteiger partial charge in [0.2, 0.25) is 0 Å². The number of hydrogen-bond acceptors (Lipinski definition) is 7. The molecule has 1 saturated heterocycles. The highest BCUT2D eigenvalue weighted by Crippen LogP contribution is 2.43. The molecule has 0 atom stereocenters. The first-order valence-electron chi connectivity index (χ1n) is 9.68. The molecule has 5 nitrogen and oxygen atoms in total. The van der Waals surface area contributed by atoms with Gasteiger partial charge in [-0.1, -0.05) is 37.3 Å². The standard InChI is InChI=1S/C21H24N2O3S3/c1-21(2)10-15-18(16(24)11-21)29-20(22-15)23-17(25)12-26-14-6-4-13(5-7-14)19-27-8-3-9-28-19/h4-7,19H,3,8-12H2,1-2H3,(H,22,23,25). The van der Waals surface area contributed by atoms with E-state index in [1.54, 1.807) is 0 Å². The second-order valence-electron chi connectivity index (χ2n) is 8.07. The molecule has 4 rings (SSSR count). The minimum Gasteiger partial charge on any atom is -0.484 e. The number of rotatable bonds is 5. The monoisotopic (exact) mass is 448 g/mol. The molecule has 1 amide bonds. The van der Waals surface area contributed by atoms with Crippen LogP contribution in [0.15, 0.2) is 24.3 Å². The minimum atomic E-state index is -0.273. The van der Waals surface area contributed by atoms with Crippen LogP contribution in [-0.4, -0.2) is 34.8 Å². The lowest BCUT2D eigenvalue weighted by atomic mass is 9.78. The van der Waals surface area contributed by atoms with Gasteiger partial charge in [-0.25, -0.2) is 4.98 Å². The number of thiazole rings is 1. The van der Waals surface area contributed by atoms with E-state index >= 15 is 0 Å². The largest absolute Gasteiger partial charge is 0.484 e. The van der Waals surface area contributed by atoms with Crippen molar-refractivity contribution in [1.29, 1.82) is 0 Å². The minimum absolute atomic E-state index is 0.0800. The van der Waals surface area contributed by atoms with Crippen LogP contribution in [0.4, 0.5) is 5.13 Å². The molecule has 0 unspecified atom stereocenters. The van der Waals surface area contributed by atoms with E-state index in [-0.39, 0.29) is 23.7 Å². The molecule has 0 bridgehead atoms. The molecular weight excluding hydrogens is 424 g/mol. The molecule has 29 heavy (non-hydrogen) atoms. The molecule has 8 heteroatoms. The van der Waals surface area contributed by atoms with Gasteiger partial charge in [-0.3, -0.25) is 14.9 Å². The van der Waals surface area contributed by atoms with E-state index in [1.165, 1.54) is 34.8 Å². The Morgan fingerprint density at radius 2 is 1.93 bits per heavy atom. The van der Waals surface area contributed by atoms with E-state index in [4.69, 9.17) is 4.74 Å². The second-order valence-corrected chi connectivity index (χ2v) is 11.8. The number of anilines is 1. The SMILES string of the molecule is CC1(C)CC(=O)c2sc(NC(=O)COc3ccc(C4SCCCS4)cc3)nc2C1. The fourth-order valence-corrected chi connectivity index (χ4v) is 7.31. The maximum Gasteiger partial charge on any atom is 0.264 e. The molecule has 0 spiro atoms. The van der Waals surface area contributed by atoms with E-state index < -0.39 is 0 Å². The Morgan fingerprint density at radius 1 is 1.21 bits per heavy atom. The Bertz CT molecular complexity index is 902. The van der Waals surface area contributed by atoms with E-state index in [2.05, 4.69) is 36.3 Å². The number of fused-ring (bicyclic) bond motifs is 1. The number of carbonyl (C=O) groups is 2. The average molecular weight is 449 g/mol. The number of aromatic nitrogens is 1. The van der Waals surface area contributed by atoms with Crippen LogP contribution in [-0.2, 0) is 11.2 Å². The van der Waals surface area contributed by atoms with E-state index in [9.17, 15) is 9.59 Å². The van der Waals surface area contributed by atoms with Crippen molar-refractivity contribution < 1.29 is 14.3 Å². The molecule has 2 heterocycles. The summed E-state index contributed by atoms with van der Waals surface area (Å²) in [6, 6.07) is 7.99. The molecule has 1 fully saturated rings. The second kappa shape index (κ2) is 8.70. The Balaban J connectivity index is 1.31. The Morgan fingerprint density at radius 3 is 2.66 bits per heavy atom. The zero-order chi connectivity index (χ0) is 20.4. The van der Waals surface area contributed by atoms with Crippen molar-refractivity contribution >= 4 is 51.7 Å². The van der Waals surface area contributed by atoms with Crippen LogP contribution in [0, 0.1) is 5.41 Å². The Labute approximate surface area is 183 Å². The van der Waals surface area contributed by atoms with Crippen LogP contribution in [0.25, 0.3) is 0 Å². The first kappa shape index (κ1) is 20.8. The topological polar surface area (TPSA) is 68.3 Å². The highest BCUT2D eigenvalue weighted by Gasteiger charge is 2.34. The molecule has 1 aliphatic carbocycles. The van der Waals surface area contributed by atoms with Gasteiger partial charge in [0.05, 0.1) is 15.2 Å². The maximum atomic E-state index is 12.3. The summed E-state index contributed by atoms with van der Waals surface area (Å²) in [6.45, 7) is 4.04. The van der Waals surface area contributed by atoms with E-state index in [0.717, 1.165) is 12.1 Å². The third kappa shape index (κ3) is 5.16. The fraction of sp³-hybridized carbons (Fsp3) is 0.476. The van der Waals surface area contributed by atoms with Crippen molar-refractivity contribution in [2.24, 2.45) is 5.41 Å². The average Bonchev–Trinajstić information content (AvgIpc) is 3.09. The van der Waals surface area contributed by atoms with E-state index in [1.807, 2.05) is 35.7 Å². The first-order valence-corrected chi connectivity index (χ1v) is 12.6. The smallest absolute Gasteiger partial charge is 0.264 e. The number of nitrogens with one attached hydrogen (secondary N) is 1. The van der Waals surface area contributed by atoms with Crippen molar-refractivity contribution in [3.63, 3.8) is 0 Å². The lowest BCUT2D eigenvalue weighted by molar-refractivity contribution is -0.118. The number of ketones is 1. The third-order valence-corrected chi connectivity index (χ3v) is 8.90. The van der Waals surface area contributed by atoms with Crippen LogP contribution < -0.4 is 10.1 Å². The summed E-state index contributed by atoms with van der Waals surface area (Å²) in [5, 5.41) is 3.23. The first-order chi connectivity index (χ1) is 13.9. The number of thioether (sulfide) groups is 2. The molecule has 1 aliphatic heterocycles. The Hall–Kier alpha value is -1.51. The van der Waals surface area contributed by atoms with Crippen molar-refractivity contribution in [3.8, 4) is 5.75 Å². The highest BCUT2D eigenvalue weighted by molar-refractivity contribution is 8.16. The highest BCUT2D eigenvalue weighted by atomic mass is 32.2. The van der Waals surface area contributed by atoms with Gasteiger partial charge >= 0.3 is 0 Å². The molecule has 1 aromatic heterocycles. The summed E-state index contributed by atoms with van der Waals surface area (Å²) in [5.41, 5.74) is 2.00. The summed E-state index contributed by atoms with van der Waals surface area (Å²) in [7, 11) is 0. The maximum absolute atomic E-state index is 12.3. The fourth-order valence-electron chi connectivity index (χ4n) is 3.48. The summed E-state index contributed by atoms with van der Waals surface area (Å²) in [6.07, 6.45) is 2.55. The predicted octanol–water partition coefficient (Wildman–Crippen LogP) is 5.18. The predicted molar refractivity (Wildman–Crippen MR) is 121 cm³/mol. The Kier molecular flexibility index (Phi) is 6.22. The van der Waals surface area contributed by atoms with Crippen LogP contribution in [0.1, 0.15) is 52.2 Å². The molecule has 1 N–H and O–H groups in total. The molecule has 154 valence electrons. The van der Waals surface area contributed by atoms with Crippen LogP contribution in [0.2, 0.25) is 0 Å². The molecular formula is C21H24N2O3S3. The molecule has 0 radical (unpaired) electrons. The van der Waals surface area contributed by atoms with Crippen LogP contribution >= 0.6 is 34.9 Å². The number of amides is 1. The normalized spacial score (nSPS) is 18.9. The van der Waals surface area contributed by atoms with Gasteiger partial charge in [0.15, 0.2) is 17.5 Å². The number of ether oxygens (including phenoxy) is 1. The van der Waals surface area contributed by atoms with E-state index in [0.29, 0.717) is 26.8 Å². The zero-order valence-electron chi connectivity index (χ0n) is 16.5. The van der Waals surface area contributed by atoms with Gasteiger partial charge in [0, 0.05) is 6.42 Å². The van der Waals surface area contributed by atoms with Gasteiger partial charge in [0.25, 0.3) is 5.91 Å². The van der Waals surface area contributed by atoms with Crippen molar-refractivity contribution in [3.05, 3.63) is 40.4 Å². The summed E-state index contributed by atoms with van der Waals surface area (Å²) < 4.78 is 6.11. The molecule has 2 aromatic rings.